The predicted octanol–water partition coefficient (Wildman–Crippen LogP) is 4.32. The number of piperazine rings is 1. The molecule has 0 saturated carbocycles. The van der Waals surface area contributed by atoms with E-state index in [9.17, 15) is 4.79 Å². The Balaban J connectivity index is 1.26. The van der Waals surface area contributed by atoms with Gasteiger partial charge in [-0.3, -0.25) is 9.36 Å². The molecular weight excluding hydrogens is 412 g/mol. The van der Waals surface area contributed by atoms with Crippen molar-refractivity contribution in [3.05, 3.63) is 84.7 Å². The average molecular weight is 441 g/mol. The van der Waals surface area contributed by atoms with Crippen LogP contribution in [0.25, 0.3) is 16.7 Å². The summed E-state index contributed by atoms with van der Waals surface area (Å²) in [7, 11) is 1.68. The molecule has 0 aliphatic carbocycles. The maximum atomic E-state index is 13.0. The van der Waals surface area contributed by atoms with Crippen LogP contribution in [0.4, 0.5) is 5.69 Å². The highest BCUT2D eigenvalue weighted by Crippen LogP contribution is 2.24. The lowest BCUT2D eigenvalue weighted by Crippen LogP contribution is -2.48. The van der Waals surface area contributed by atoms with E-state index in [4.69, 9.17) is 9.72 Å². The number of nitrogens with zero attached hydrogens (tertiary/aromatic N) is 4. The summed E-state index contributed by atoms with van der Waals surface area (Å²) in [6.45, 7) is 3.10. The van der Waals surface area contributed by atoms with Gasteiger partial charge in [0, 0.05) is 56.5 Å². The molecule has 3 aromatic carbocycles. The maximum Gasteiger partial charge on any atom is 0.223 e. The zero-order valence-electron chi connectivity index (χ0n) is 18.9. The van der Waals surface area contributed by atoms with Gasteiger partial charge in [0.1, 0.15) is 11.6 Å². The fourth-order valence-corrected chi connectivity index (χ4v) is 4.51. The zero-order chi connectivity index (χ0) is 22.6. The molecule has 1 amide bonds. The number of para-hydroxylation sites is 3. The molecule has 168 valence electrons. The van der Waals surface area contributed by atoms with E-state index in [1.807, 2.05) is 59.5 Å². The van der Waals surface area contributed by atoms with Crippen LogP contribution in [0.5, 0.6) is 5.75 Å². The van der Waals surface area contributed by atoms with Crippen molar-refractivity contribution in [3.63, 3.8) is 0 Å². The molecule has 1 fully saturated rings. The van der Waals surface area contributed by atoms with Crippen LogP contribution >= 0.6 is 0 Å². The first kappa shape index (κ1) is 21.1. The third kappa shape index (κ3) is 4.42. The van der Waals surface area contributed by atoms with E-state index in [-0.39, 0.29) is 5.91 Å². The van der Waals surface area contributed by atoms with Crippen molar-refractivity contribution in [1.29, 1.82) is 0 Å². The average Bonchev–Trinajstić information content (AvgIpc) is 3.26. The Labute approximate surface area is 194 Å². The summed E-state index contributed by atoms with van der Waals surface area (Å²) in [6.07, 6.45) is 1.06. The topological polar surface area (TPSA) is 50.6 Å². The lowest BCUT2D eigenvalue weighted by Gasteiger charge is -2.36. The first-order valence-electron chi connectivity index (χ1n) is 11.4. The van der Waals surface area contributed by atoms with E-state index in [0.717, 1.165) is 60.2 Å². The second-order valence-corrected chi connectivity index (χ2v) is 8.26. The van der Waals surface area contributed by atoms with Crippen molar-refractivity contribution in [2.45, 2.75) is 12.8 Å². The smallest absolute Gasteiger partial charge is 0.223 e. The number of amides is 1. The standard InChI is InChI=1S/C27H28N4O2/c1-33-23-11-7-10-22(20-23)29-16-18-30(19-17-29)27(32)15-14-26-28-24-12-5-6-13-25(24)31(26)21-8-3-2-4-9-21/h2-13,20H,14-19H2,1H3. The molecule has 0 atom stereocenters. The van der Waals surface area contributed by atoms with Crippen molar-refractivity contribution < 1.29 is 9.53 Å². The summed E-state index contributed by atoms with van der Waals surface area (Å²) >= 11 is 0. The van der Waals surface area contributed by atoms with E-state index in [1.54, 1.807) is 7.11 Å². The zero-order valence-corrected chi connectivity index (χ0v) is 18.9. The van der Waals surface area contributed by atoms with Gasteiger partial charge in [-0.25, -0.2) is 4.98 Å². The minimum atomic E-state index is 0.187. The number of fused-ring (bicyclic) bond motifs is 1. The van der Waals surface area contributed by atoms with Crippen LogP contribution in [0.15, 0.2) is 78.9 Å². The van der Waals surface area contributed by atoms with Gasteiger partial charge in [-0.1, -0.05) is 36.4 Å². The monoisotopic (exact) mass is 440 g/mol. The molecule has 0 radical (unpaired) electrons. The molecule has 1 aromatic heterocycles. The number of benzene rings is 3. The summed E-state index contributed by atoms with van der Waals surface area (Å²) in [5.41, 5.74) is 4.23. The van der Waals surface area contributed by atoms with Gasteiger partial charge in [-0.15, -0.1) is 0 Å². The molecule has 0 N–H and O–H groups in total. The van der Waals surface area contributed by atoms with Gasteiger partial charge in [-0.2, -0.15) is 0 Å². The first-order valence-corrected chi connectivity index (χ1v) is 11.4. The molecule has 6 heteroatoms. The lowest BCUT2D eigenvalue weighted by atomic mass is 10.2. The lowest BCUT2D eigenvalue weighted by molar-refractivity contribution is -0.131. The molecule has 6 nitrogen and oxygen atoms in total. The number of imidazole rings is 1. The molecule has 1 aliphatic heterocycles. The van der Waals surface area contributed by atoms with Gasteiger partial charge in [0.25, 0.3) is 0 Å². The summed E-state index contributed by atoms with van der Waals surface area (Å²) in [6, 6.07) is 26.5. The van der Waals surface area contributed by atoms with Gasteiger partial charge in [0.15, 0.2) is 0 Å². The number of aryl methyl sites for hydroxylation is 1. The van der Waals surface area contributed by atoms with Crippen molar-refractivity contribution in [1.82, 2.24) is 14.5 Å². The van der Waals surface area contributed by atoms with Crippen LogP contribution in [0, 0.1) is 0 Å². The van der Waals surface area contributed by atoms with E-state index in [1.165, 1.54) is 0 Å². The van der Waals surface area contributed by atoms with Crippen LogP contribution < -0.4 is 9.64 Å². The molecular formula is C27H28N4O2. The molecule has 5 rings (SSSR count). The fraction of sp³-hybridized carbons (Fsp3) is 0.259. The highest BCUT2D eigenvalue weighted by atomic mass is 16.5. The largest absolute Gasteiger partial charge is 0.497 e. The molecule has 33 heavy (non-hydrogen) atoms. The Morgan fingerprint density at radius 3 is 2.39 bits per heavy atom. The Morgan fingerprint density at radius 2 is 1.61 bits per heavy atom. The fourth-order valence-electron chi connectivity index (χ4n) is 4.51. The second kappa shape index (κ2) is 9.36. The molecule has 0 bridgehead atoms. The summed E-state index contributed by atoms with van der Waals surface area (Å²) in [4.78, 5) is 22.2. The van der Waals surface area contributed by atoms with E-state index in [0.29, 0.717) is 12.8 Å². The summed E-state index contributed by atoms with van der Waals surface area (Å²) in [5, 5.41) is 0. The van der Waals surface area contributed by atoms with Gasteiger partial charge in [-0.05, 0) is 36.4 Å². The molecule has 1 aliphatic rings. The number of carbonyl (C=O) groups excluding carboxylic acids is 1. The van der Waals surface area contributed by atoms with Crippen molar-refractivity contribution in [3.8, 4) is 11.4 Å². The highest BCUT2D eigenvalue weighted by molar-refractivity contribution is 5.79. The predicted molar refractivity (Wildman–Crippen MR) is 131 cm³/mol. The van der Waals surface area contributed by atoms with Gasteiger partial charge >= 0.3 is 0 Å². The molecule has 1 saturated heterocycles. The number of aromatic nitrogens is 2. The minimum absolute atomic E-state index is 0.187. The molecule has 0 unspecified atom stereocenters. The van der Waals surface area contributed by atoms with E-state index < -0.39 is 0 Å². The third-order valence-corrected chi connectivity index (χ3v) is 6.26. The minimum Gasteiger partial charge on any atom is -0.497 e. The van der Waals surface area contributed by atoms with Crippen LogP contribution in [0.2, 0.25) is 0 Å². The molecule has 2 heterocycles. The normalized spacial score (nSPS) is 14.0. The van der Waals surface area contributed by atoms with E-state index >= 15 is 0 Å². The number of hydrogen-bond donors (Lipinski definition) is 0. The maximum absolute atomic E-state index is 13.0. The Morgan fingerprint density at radius 1 is 0.879 bits per heavy atom. The Hall–Kier alpha value is -3.80. The first-order chi connectivity index (χ1) is 16.2. The number of hydrogen-bond acceptors (Lipinski definition) is 4. The summed E-state index contributed by atoms with van der Waals surface area (Å²) < 4.78 is 7.51. The molecule has 0 spiro atoms. The second-order valence-electron chi connectivity index (χ2n) is 8.26. The highest BCUT2D eigenvalue weighted by Gasteiger charge is 2.22. The van der Waals surface area contributed by atoms with E-state index in [2.05, 4.69) is 33.7 Å². The molecule has 4 aromatic rings. The SMILES string of the molecule is COc1cccc(N2CCN(C(=O)CCc3nc4ccccc4n3-c3ccccc3)CC2)c1. The van der Waals surface area contributed by atoms with Gasteiger partial charge in [0.2, 0.25) is 5.91 Å². The third-order valence-electron chi connectivity index (χ3n) is 6.26. The van der Waals surface area contributed by atoms with Crippen molar-refractivity contribution in [2.24, 2.45) is 0 Å². The van der Waals surface area contributed by atoms with Gasteiger partial charge < -0.3 is 14.5 Å². The van der Waals surface area contributed by atoms with Crippen LogP contribution in [-0.4, -0.2) is 53.6 Å². The number of methoxy groups -OCH3 is 1. The van der Waals surface area contributed by atoms with Crippen LogP contribution in [0.3, 0.4) is 0 Å². The van der Waals surface area contributed by atoms with Crippen molar-refractivity contribution in [2.75, 3.05) is 38.2 Å². The van der Waals surface area contributed by atoms with Crippen LogP contribution in [-0.2, 0) is 11.2 Å². The quantitative estimate of drug-likeness (QED) is 0.448. The Kier molecular flexibility index (Phi) is 5.98. The van der Waals surface area contributed by atoms with Crippen molar-refractivity contribution >= 4 is 22.6 Å². The summed E-state index contributed by atoms with van der Waals surface area (Å²) in [5.74, 6) is 1.96. The van der Waals surface area contributed by atoms with Gasteiger partial charge in [0.05, 0.1) is 18.1 Å². The number of rotatable bonds is 6. The number of anilines is 1. The Bertz CT molecular complexity index is 1240. The number of carbonyl (C=O) groups is 1. The number of ether oxygens (including phenoxy) is 1. The van der Waals surface area contributed by atoms with Crippen LogP contribution in [0.1, 0.15) is 12.2 Å².